The molecule has 0 saturated heterocycles. The van der Waals surface area contributed by atoms with Gasteiger partial charge >= 0.3 is 0 Å². The number of anilines is 1. The van der Waals surface area contributed by atoms with Crippen LogP contribution in [0.5, 0.6) is 5.88 Å². The summed E-state index contributed by atoms with van der Waals surface area (Å²) in [6.45, 7) is 3.97. The van der Waals surface area contributed by atoms with Crippen LogP contribution in [0, 0.1) is 12.8 Å². The predicted octanol–water partition coefficient (Wildman–Crippen LogP) is 4.14. The van der Waals surface area contributed by atoms with E-state index in [0.717, 1.165) is 28.5 Å². The topological polar surface area (TPSA) is 97.2 Å². The minimum atomic E-state index is -1.06. The second kappa shape index (κ2) is 8.55. The Bertz CT molecular complexity index is 1140. The summed E-state index contributed by atoms with van der Waals surface area (Å²) in [4.78, 5) is 25.3. The predicted molar refractivity (Wildman–Crippen MR) is 116 cm³/mol. The highest BCUT2D eigenvalue weighted by atomic mass is 19.1. The number of halogens is 1. The van der Waals surface area contributed by atoms with E-state index in [9.17, 15) is 14.3 Å². The number of methoxy groups -OCH3 is 1. The van der Waals surface area contributed by atoms with E-state index in [1.807, 2.05) is 26.0 Å². The molecule has 8 heteroatoms. The van der Waals surface area contributed by atoms with Crippen LogP contribution >= 0.6 is 0 Å². The Morgan fingerprint density at radius 3 is 2.71 bits per heavy atom. The number of fused-ring (bicyclic) bond motifs is 1. The summed E-state index contributed by atoms with van der Waals surface area (Å²) >= 11 is 0. The molecule has 3 heterocycles. The van der Waals surface area contributed by atoms with Gasteiger partial charge in [-0.2, -0.15) is 0 Å². The molecule has 4 rings (SSSR count). The van der Waals surface area contributed by atoms with Crippen molar-refractivity contribution in [3.05, 3.63) is 41.9 Å². The zero-order chi connectivity index (χ0) is 22.1. The Hall–Kier alpha value is -3.13. The van der Waals surface area contributed by atoms with Crippen molar-refractivity contribution in [2.24, 2.45) is 5.92 Å². The average molecular weight is 424 g/mol. The lowest BCUT2D eigenvalue weighted by Crippen LogP contribution is -2.15. The van der Waals surface area contributed by atoms with Crippen molar-refractivity contribution < 1.29 is 19.0 Å². The van der Waals surface area contributed by atoms with E-state index in [1.54, 1.807) is 18.5 Å². The number of amides is 1. The van der Waals surface area contributed by atoms with Crippen LogP contribution in [-0.2, 0) is 4.79 Å². The van der Waals surface area contributed by atoms with E-state index >= 15 is 0 Å². The molecule has 1 fully saturated rings. The molecule has 0 radical (unpaired) electrons. The van der Waals surface area contributed by atoms with E-state index in [4.69, 9.17) is 4.74 Å². The van der Waals surface area contributed by atoms with Crippen molar-refractivity contribution >= 4 is 22.6 Å². The Balaban J connectivity index is 1.67. The van der Waals surface area contributed by atoms with E-state index in [0.29, 0.717) is 29.3 Å². The molecule has 0 bridgehead atoms. The number of pyridine rings is 3. The minimum absolute atomic E-state index is 0.260. The summed E-state index contributed by atoms with van der Waals surface area (Å²) in [6.07, 6.45) is 3.47. The van der Waals surface area contributed by atoms with Gasteiger partial charge in [-0.3, -0.25) is 9.78 Å². The fraction of sp³-hybridized carbons (Fsp3) is 0.391. The van der Waals surface area contributed by atoms with Crippen LogP contribution in [0.4, 0.5) is 10.2 Å². The number of nitrogens with zero attached hydrogens (tertiary/aromatic N) is 3. The van der Waals surface area contributed by atoms with Crippen LogP contribution in [0.2, 0.25) is 0 Å². The summed E-state index contributed by atoms with van der Waals surface area (Å²) in [6, 6.07) is 5.43. The fourth-order valence-corrected chi connectivity index (χ4v) is 3.58. The highest BCUT2D eigenvalue weighted by Gasteiger charge is 2.43. The quantitative estimate of drug-likeness (QED) is 0.592. The summed E-state index contributed by atoms with van der Waals surface area (Å²) < 4.78 is 18.6. The van der Waals surface area contributed by atoms with Gasteiger partial charge in [-0.15, -0.1) is 0 Å². The average Bonchev–Trinajstić information content (AvgIpc) is 3.49. The molecule has 31 heavy (non-hydrogen) atoms. The largest absolute Gasteiger partial charge is 0.481 e. The number of hydrogen-bond donors (Lipinski definition) is 2. The molecule has 1 aliphatic carbocycles. The van der Waals surface area contributed by atoms with Crippen molar-refractivity contribution in [3.63, 3.8) is 0 Å². The molecular formula is C23H25FN4O3. The molecule has 1 amide bonds. The van der Waals surface area contributed by atoms with Crippen LogP contribution in [0.15, 0.2) is 30.6 Å². The number of nitrogens with one attached hydrogen (secondary N) is 1. The smallest absolute Gasteiger partial charge is 0.231 e. The van der Waals surface area contributed by atoms with Gasteiger partial charge in [0, 0.05) is 35.0 Å². The molecular weight excluding hydrogens is 399 g/mol. The first-order chi connectivity index (χ1) is 14.9. The molecule has 1 saturated carbocycles. The van der Waals surface area contributed by atoms with Crippen molar-refractivity contribution in [3.8, 4) is 17.0 Å². The Morgan fingerprint density at radius 2 is 2.06 bits per heavy atom. The van der Waals surface area contributed by atoms with Crippen molar-refractivity contribution in [2.75, 3.05) is 12.4 Å². The van der Waals surface area contributed by atoms with E-state index in [-0.39, 0.29) is 12.3 Å². The zero-order valence-corrected chi connectivity index (χ0v) is 17.7. The molecule has 162 valence electrons. The van der Waals surface area contributed by atoms with Crippen molar-refractivity contribution in [1.82, 2.24) is 15.0 Å². The summed E-state index contributed by atoms with van der Waals surface area (Å²) in [7, 11) is 1.54. The number of aliphatic hydroxyl groups is 1. The van der Waals surface area contributed by atoms with Crippen LogP contribution in [-0.4, -0.2) is 39.2 Å². The standard InChI is InChI=1S/C23H25FN4O3/c1-4-5-20(29)19-6-12(2)16(11-25-19)14-7-13-10-26-21(9-18(13)27-23(14)31-3)28-22(30)15-8-17(15)24/h6-7,9-11,15,17,20,29H,4-5,8H2,1-3H3,(H,26,28,30)/t15-,17+,20+/m0/s1. The second-order valence-electron chi connectivity index (χ2n) is 7.88. The van der Waals surface area contributed by atoms with Gasteiger partial charge in [0.2, 0.25) is 11.8 Å². The van der Waals surface area contributed by atoms with Crippen molar-refractivity contribution in [1.29, 1.82) is 0 Å². The number of carbonyl (C=O) groups excluding carboxylic acids is 1. The second-order valence-corrected chi connectivity index (χ2v) is 7.88. The molecule has 3 aromatic heterocycles. The number of ether oxygens (including phenoxy) is 1. The van der Waals surface area contributed by atoms with Crippen LogP contribution in [0.1, 0.15) is 43.5 Å². The van der Waals surface area contributed by atoms with Gasteiger partial charge in [-0.25, -0.2) is 14.4 Å². The molecule has 0 aliphatic heterocycles. The molecule has 0 unspecified atom stereocenters. The van der Waals surface area contributed by atoms with Crippen LogP contribution in [0.25, 0.3) is 22.0 Å². The monoisotopic (exact) mass is 424 g/mol. The maximum Gasteiger partial charge on any atom is 0.231 e. The highest BCUT2D eigenvalue weighted by Crippen LogP contribution is 2.36. The molecule has 1 aliphatic rings. The third kappa shape index (κ3) is 4.34. The normalized spacial score (nSPS) is 18.6. The van der Waals surface area contributed by atoms with Gasteiger partial charge in [-0.1, -0.05) is 13.3 Å². The number of alkyl halides is 1. The van der Waals surface area contributed by atoms with Crippen LogP contribution < -0.4 is 10.1 Å². The Kier molecular flexibility index (Phi) is 5.82. The van der Waals surface area contributed by atoms with Gasteiger partial charge in [0.15, 0.2) is 0 Å². The fourth-order valence-electron chi connectivity index (χ4n) is 3.58. The molecule has 3 aromatic rings. The maximum atomic E-state index is 13.1. The zero-order valence-electron chi connectivity index (χ0n) is 17.7. The molecule has 3 atom stereocenters. The first kappa shape index (κ1) is 21.1. The maximum absolute atomic E-state index is 13.1. The highest BCUT2D eigenvalue weighted by molar-refractivity contribution is 5.96. The van der Waals surface area contributed by atoms with E-state index in [1.165, 1.54) is 7.11 Å². The lowest BCUT2D eigenvalue weighted by Gasteiger charge is -2.14. The summed E-state index contributed by atoms with van der Waals surface area (Å²) in [5.41, 5.74) is 3.79. The number of aromatic nitrogens is 3. The number of aliphatic hydroxyl groups excluding tert-OH is 1. The third-order valence-electron chi connectivity index (χ3n) is 5.48. The van der Waals surface area contributed by atoms with Gasteiger partial charge < -0.3 is 15.2 Å². The van der Waals surface area contributed by atoms with E-state index in [2.05, 4.69) is 20.3 Å². The van der Waals surface area contributed by atoms with Crippen LogP contribution in [0.3, 0.4) is 0 Å². The molecule has 0 aromatic carbocycles. The van der Waals surface area contributed by atoms with Gasteiger partial charge in [-0.05, 0) is 37.5 Å². The number of hydrogen-bond acceptors (Lipinski definition) is 6. The lowest BCUT2D eigenvalue weighted by atomic mass is 10.00. The lowest BCUT2D eigenvalue weighted by molar-refractivity contribution is -0.117. The number of aryl methyl sites for hydroxylation is 1. The minimum Gasteiger partial charge on any atom is -0.481 e. The Morgan fingerprint density at radius 1 is 1.29 bits per heavy atom. The summed E-state index contributed by atoms with van der Waals surface area (Å²) in [5.74, 6) is -0.216. The molecule has 0 spiro atoms. The SMILES string of the molecule is CCC[C@@H](O)c1cc(C)c(-c2cc3cnc(NC(=O)[C@H]4C[C@H]4F)cc3nc2OC)cn1. The Labute approximate surface area is 179 Å². The molecule has 7 nitrogen and oxygen atoms in total. The summed E-state index contributed by atoms with van der Waals surface area (Å²) in [5, 5.41) is 13.6. The third-order valence-corrected chi connectivity index (χ3v) is 5.48. The first-order valence-corrected chi connectivity index (χ1v) is 10.4. The number of carbonyl (C=O) groups is 1. The van der Waals surface area contributed by atoms with Crippen molar-refractivity contribution in [2.45, 2.75) is 45.4 Å². The van der Waals surface area contributed by atoms with Gasteiger partial charge in [0.25, 0.3) is 0 Å². The number of rotatable bonds is 7. The molecule has 2 N–H and O–H groups in total. The van der Waals surface area contributed by atoms with E-state index < -0.39 is 18.2 Å². The van der Waals surface area contributed by atoms with Gasteiger partial charge in [0.05, 0.1) is 30.3 Å². The first-order valence-electron chi connectivity index (χ1n) is 10.4. The van der Waals surface area contributed by atoms with Gasteiger partial charge in [0.1, 0.15) is 12.0 Å².